The second-order valence-electron chi connectivity index (χ2n) is 5.23. The highest BCUT2D eigenvalue weighted by atomic mass is 19.3. The summed E-state index contributed by atoms with van der Waals surface area (Å²) in [6, 6.07) is -0.510. The van der Waals surface area contributed by atoms with Crippen molar-refractivity contribution in [3.63, 3.8) is 0 Å². The van der Waals surface area contributed by atoms with Crippen LogP contribution >= 0.6 is 0 Å². The lowest BCUT2D eigenvalue weighted by Gasteiger charge is -2.36. The van der Waals surface area contributed by atoms with Gasteiger partial charge in [0, 0.05) is 26.1 Å². The van der Waals surface area contributed by atoms with Gasteiger partial charge in [-0.2, -0.15) is 0 Å². The summed E-state index contributed by atoms with van der Waals surface area (Å²) < 4.78 is 24.9. The molecule has 0 spiro atoms. The van der Waals surface area contributed by atoms with Crippen LogP contribution in [-0.2, 0) is 4.79 Å². The number of amides is 2. The van der Waals surface area contributed by atoms with Crippen LogP contribution in [-0.4, -0.2) is 71.2 Å². The maximum absolute atomic E-state index is 12.5. The van der Waals surface area contributed by atoms with Gasteiger partial charge in [0.05, 0.1) is 13.2 Å². The molecule has 1 rings (SSSR count). The fraction of sp³-hybridized carbons (Fsp3) is 0.846. The van der Waals surface area contributed by atoms with E-state index in [1.807, 2.05) is 0 Å². The molecule has 0 aromatic carbocycles. The third-order valence-corrected chi connectivity index (χ3v) is 3.55. The number of alkyl halides is 2. The number of halogens is 2. The Bertz CT molecular complexity index is 355. The van der Waals surface area contributed by atoms with Crippen molar-refractivity contribution in [3.05, 3.63) is 0 Å². The van der Waals surface area contributed by atoms with Crippen molar-refractivity contribution in [2.75, 3.05) is 32.8 Å². The minimum absolute atomic E-state index is 0.0457. The number of rotatable bonds is 7. The van der Waals surface area contributed by atoms with Gasteiger partial charge in [0.25, 0.3) is 6.43 Å². The first-order valence-electron chi connectivity index (χ1n) is 7.08. The van der Waals surface area contributed by atoms with Crippen LogP contribution in [0, 0.1) is 5.92 Å². The van der Waals surface area contributed by atoms with E-state index in [-0.39, 0.29) is 25.5 Å². The van der Waals surface area contributed by atoms with Crippen molar-refractivity contribution in [3.8, 4) is 0 Å². The van der Waals surface area contributed by atoms with Crippen molar-refractivity contribution in [1.82, 2.24) is 9.80 Å². The number of likely N-dealkylation sites (tertiary alicyclic amines) is 1. The summed E-state index contributed by atoms with van der Waals surface area (Å²) in [6.07, 6.45) is -0.546. The molecule has 8 heteroatoms. The largest absolute Gasteiger partial charge is 0.481 e. The number of piperidine rings is 1. The van der Waals surface area contributed by atoms with Gasteiger partial charge in [-0.25, -0.2) is 13.6 Å². The lowest BCUT2D eigenvalue weighted by Crippen LogP contribution is -2.49. The van der Waals surface area contributed by atoms with E-state index in [4.69, 9.17) is 10.2 Å². The molecule has 0 aromatic rings. The van der Waals surface area contributed by atoms with Crippen molar-refractivity contribution in [1.29, 1.82) is 0 Å². The van der Waals surface area contributed by atoms with Crippen molar-refractivity contribution in [2.24, 2.45) is 5.92 Å². The molecule has 1 fully saturated rings. The third-order valence-electron chi connectivity index (χ3n) is 3.55. The summed E-state index contributed by atoms with van der Waals surface area (Å²) in [6.45, 7) is -0.325. The number of carbonyl (C=O) groups excluding carboxylic acids is 1. The summed E-state index contributed by atoms with van der Waals surface area (Å²) in [4.78, 5) is 25.2. The summed E-state index contributed by atoms with van der Waals surface area (Å²) >= 11 is 0. The van der Waals surface area contributed by atoms with Crippen LogP contribution in [0.25, 0.3) is 0 Å². The number of aliphatic carboxylic acids is 1. The van der Waals surface area contributed by atoms with Gasteiger partial charge in [-0.05, 0) is 25.2 Å². The van der Waals surface area contributed by atoms with E-state index in [0.29, 0.717) is 19.5 Å². The van der Waals surface area contributed by atoms with Gasteiger partial charge in [0.2, 0.25) is 0 Å². The molecule has 1 aliphatic heterocycles. The standard InChI is InChI=1S/C13H22F2N2O4/c14-11(15)9-17(6-7-18)13(21)16-5-1-2-10(8-16)3-4-12(19)20/h10-11,18H,1-9H2,(H,19,20). The quantitative estimate of drug-likeness (QED) is 0.741. The highest BCUT2D eigenvalue weighted by Crippen LogP contribution is 2.22. The Hall–Kier alpha value is -1.44. The number of carbonyl (C=O) groups is 2. The van der Waals surface area contributed by atoms with Crippen LogP contribution < -0.4 is 0 Å². The molecule has 2 N–H and O–H groups in total. The van der Waals surface area contributed by atoms with Crippen molar-refractivity contribution in [2.45, 2.75) is 32.1 Å². The highest BCUT2D eigenvalue weighted by molar-refractivity contribution is 5.74. The number of urea groups is 1. The van der Waals surface area contributed by atoms with Gasteiger partial charge in [-0.15, -0.1) is 0 Å². The Kier molecular flexibility index (Phi) is 7.35. The van der Waals surface area contributed by atoms with E-state index in [1.54, 1.807) is 0 Å². The number of carboxylic acids is 1. The average Bonchev–Trinajstić information content (AvgIpc) is 2.44. The van der Waals surface area contributed by atoms with E-state index >= 15 is 0 Å². The van der Waals surface area contributed by atoms with E-state index < -0.39 is 25.0 Å². The molecular weight excluding hydrogens is 286 g/mol. The van der Waals surface area contributed by atoms with Crippen LogP contribution in [0.4, 0.5) is 13.6 Å². The van der Waals surface area contributed by atoms with Crippen LogP contribution in [0.3, 0.4) is 0 Å². The molecular formula is C13H22F2N2O4. The van der Waals surface area contributed by atoms with Gasteiger partial charge >= 0.3 is 12.0 Å². The first kappa shape index (κ1) is 17.6. The zero-order valence-electron chi connectivity index (χ0n) is 11.9. The molecule has 1 atom stereocenters. The Morgan fingerprint density at radius 2 is 2.10 bits per heavy atom. The van der Waals surface area contributed by atoms with E-state index in [2.05, 4.69) is 0 Å². The molecule has 0 saturated carbocycles. The molecule has 0 radical (unpaired) electrons. The van der Waals surface area contributed by atoms with Gasteiger partial charge in [0.15, 0.2) is 0 Å². The minimum atomic E-state index is -2.65. The average molecular weight is 308 g/mol. The molecule has 0 aliphatic carbocycles. The van der Waals surface area contributed by atoms with E-state index in [1.165, 1.54) is 4.90 Å². The highest BCUT2D eigenvalue weighted by Gasteiger charge is 2.28. The lowest BCUT2D eigenvalue weighted by molar-refractivity contribution is -0.137. The topological polar surface area (TPSA) is 81.1 Å². The van der Waals surface area contributed by atoms with E-state index in [0.717, 1.165) is 17.7 Å². The molecule has 1 saturated heterocycles. The molecule has 1 unspecified atom stereocenters. The number of nitrogens with zero attached hydrogens (tertiary/aromatic N) is 2. The summed E-state index contributed by atoms with van der Waals surface area (Å²) in [7, 11) is 0. The number of aliphatic hydroxyl groups is 1. The monoisotopic (exact) mass is 308 g/mol. The smallest absolute Gasteiger partial charge is 0.320 e. The zero-order valence-corrected chi connectivity index (χ0v) is 11.9. The molecule has 0 aromatic heterocycles. The van der Waals surface area contributed by atoms with Crippen LogP contribution in [0.1, 0.15) is 25.7 Å². The Morgan fingerprint density at radius 1 is 1.38 bits per heavy atom. The molecule has 2 amide bonds. The van der Waals surface area contributed by atoms with Gasteiger partial charge in [0.1, 0.15) is 0 Å². The number of aliphatic hydroxyl groups excluding tert-OH is 1. The number of carboxylic acid groups (broad SMARTS) is 1. The van der Waals surface area contributed by atoms with E-state index in [9.17, 15) is 18.4 Å². The Labute approximate surface area is 122 Å². The van der Waals surface area contributed by atoms with Crippen molar-refractivity contribution < 1.29 is 28.6 Å². The van der Waals surface area contributed by atoms with Gasteiger partial charge in [-0.1, -0.05) is 0 Å². The van der Waals surface area contributed by atoms with Crippen LogP contribution in [0.2, 0.25) is 0 Å². The molecule has 1 aliphatic rings. The summed E-state index contributed by atoms with van der Waals surface area (Å²) in [5.74, 6) is -0.792. The fourth-order valence-electron chi connectivity index (χ4n) is 2.55. The molecule has 1 heterocycles. The lowest BCUT2D eigenvalue weighted by atomic mass is 9.93. The molecule has 122 valence electrons. The van der Waals surface area contributed by atoms with Crippen LogP contribution in [0.15, 0.2) is 0 Å². The van der Waals surface area contributed by atoms with Crippen LogP contribution in [0.5, 0.6) is 0 Å². The SMILES string of the molecule is O=C(O)CCC1CCCN(C(=O)N(CCO)CC(F)F)C1. The first-order valence-corrected chi connectivity index (χ1v) is 7.08. The molecule has 0 bridgehead atoms. The third kappa shape index (κ3) is 6.24. The normalized spacial score (nSPS) is 18.9. The first-order chi connectivity index (χ1) is 9.93. The van der Waals surface area contributed by atoms with Gasteiger partial charge < -0.3 is 20.0 Å². The number of hydrogen-bond acceptors (Lipinski definition) is 3. The second kappa shape index (κ2) is 8.76. The maximum atomic E-state index is 12.5. The Morgan fingerprint density at radius 3 is 2.67 bits per heavy atom. The predicted molar refractivity (Wildman–Crippen MR) is 71.2 cm³/mol. The maximum Gasteiger partial charge on any atom is 0.320 e. The van der Waals surface area contributed by atoms with Gasteiger partial charge in [-0.3, -0.25) is 4.79 Å². The summed E-state index contributed by atoms with van der Waals surface area (Å²) in [5.41, 5.74) is 0. The Balaban J connectivity index is 2.55. The fourth-order valence-corrected chi connectivity index (χ4v) is 2.55. The number of hydrogen-bond donors (Lipinski definition) is 2. The minimum Gasteiger partial charge on any atom is -0.481 e. The zero-order chi connectivity index (χ0) is 15.8. The molecule has 21 heavy (non-hydrogen) atoms. The summed E-state index contributed by atoms with van der Waals surface area (Å²) in [5, 5.41) is 17.5. The predicted octanol–water partition coefficient (Wildman–Crippen LogP) is 1.24. The molecule has 6 nitrogen and oxygen atoms in total. The second-order valence-corrected chi connectivity index (χ2v) is 5.23. The van der Waals surface area contributed by atoms with Crippen molar-refractivity contribution >= 4 is 12.0 Å².